The average Bonchev–Trinajstić information content (AvgIpc) is 2.42. The maximum atomic E-state index is 2.22. The van der Waals surface area contributed by atoms with Crippen molar-refractivity contribution < 1.29 is 0 Å². The average molecular weight is 258 g/mol. The summed E-state index contributed by atoms with van der Waals surface area (Å²) in [6.45, 7) is 12.7. The fourth-order valence-electron chi connectivity index (χ4n) is 1.84. The second kappa shape index (κ2) is 10.6. The largest absolute Gasteiger partial charge is 0.0683 e. The van der Waals surface area contributed by atoms with Crippen molar-refractivity contribution in [3.63, 3.8) is 0 Å². The van der Waals surface area contributed by atoms with E-state index in [1.54, 1.807) is 0 Å². The van der Waals surface area contributed by atoms with E-state index in [1.807, 2.05) is 13.8 Å². The van der Waals surface area contributed by atoms with Crippen LogP contribution in [-0.4, -0.2) is 0 Å². The summed E-state index contributed by atoms with van der Waals surface area (Å²) >= 11 is 0. The molecule has 2 aromatic carbocycles. The van der Waals surface area contributed by atoms with Gasteiger partial charge in [0.05, 0.1) is 0 Å². The van der Waals surface area contributed by atoms with E-state index in [1.165, 1.54) is 41.2 Å². The molecule has 0 unspecified atom stereocenters. The minimum atomic E-state index is 1.33. The number of hydrogen-bond donors (Lipinski definition) is 0. The summed E-state index contributed by atoms with van der Waals surface area (Å²) in [5, 5.41) is 2.67. The molecule has 106 valence electrons. The molecule has 0 saturated carbocycles. The molecular weight excluding hydrogens is 228 g/mol. The van der Waals surface area contributed by atoms with Gasteiger partial charge < -0.3 is 0 Å². The molecule has 0 spiro atoms. The van der Waals surface area contributed by atoms with Crippen molar-refractivity contribution in [1.82, 2.24) is 0 Å². The maximum absolute atomic E-state index is 2.22. The Morgan fingerprint density at radius 1 is 0.684 bits per heavy atom. The van der Waals surface area contributed by atoms with Crippen LogP contribution < -0.4 is 0 Å². The lowest BCUT2D eigenvalue weighted by Gasteiger charge is -1.99. The molecule has 19 heavy (non-hydrogen) atoms. The van der Waals surface area contributed by atoms with Gasteiger partial charge in [0.2, 0.25) is 0 Å². The van der Waals surface area contributed by atoms with Crippen molar-refractivity contribution >= 4 is 10.8 Å². The van der Waals surface area contributed by atoms with Crippen molar-refractivity contribution in [3.8, 4) is 0 Å². The topological polar surface area (TPSA) is 0 Å². The van der Waals surface area contributed by atoms with Crippen molar-refractivity contribution in [2.24, 2.45) is 0 Å². The van der Waals surface area contributed by atoms with Gasteiger partial charge in [-0.2, -0.15) is 0 Å². The molecule has 0 aliphatic carbocycles. The van der Waals surface area contributed by atoms with Crippen LogP contribution in [0.3, 0.4) is 0 Å². The Morgan fingerprint density at radius 3 is 1.42 bits per heavy atom. The Labute approximate surface area is 119 Å². The molecule has 0 aliphatic heterocycles. The number of rotatable bonds is 2. The van der Waals surface area contributed by atoms with Gasteiger partial charge in [0.25, 0.3) is 0 Å². The van der Waals surface area contributed by atoms with Crippen LogP contribution in [0.4, 0.5) is 0 Å². The zero-order chi connectivity index (χ0) is 14.7. The van der Waals surface area contributed by atoms with Gasteiger partial charge in [0.1, 0.15) is 0 Å². The summed E-state index contributed by atoms with van der Waals surface area (Å²) in [5.41, 5.74) is 2.65. The summed E-state index contributed by atoms with van der Waals surface area (Å²) < 4.78 is 0. The van der Waals surface area contributed by atoms with E-state index in [-0.39, 0.29) is 0 Å². The first kappa shape index (κ1) is 17.7. The Hall–Kier alpha value is -1.30. The minimum Gasteiger partial charge on any atom is -0.0683 e. The summed E-state index contributed by atoms with van der Waals surface area (Å²) in [7, 11) is 0. The second-order valence-electron chi connectivity index (χ2n) is 4.71. The van der Waals surface area contributed by atoms with Crippen LogP contribution in [0, 0.1) is 13.8 Å². The van der Waals surface area contributed by atoms with E-state index >= 15 is 0 Å². The number of benzene rings is 2. The van der Waals surface area contributed by atoms with Gasteiger partial charge in [-0.15, -0.1) is 0 Å². The van der Waals surface area contributed by atoms with Crippen LogP contribution in [-0.2, 0) is 0 Å². The number of aryl methyl sites for hydroxylation is 2. The summed E-state index contributed by atoms with van der Waals surface area (Å²) in [4.78, 5) is 0. The first-order valence-electron chi connectivity index (χ1n) is 7.64. The summed E-state index contributed by atoms with van der Waals surface area (Å²) in [5.74, 6) is 0. The molecule has 0 heterocycles. The molecule has 0 aromatic heterocycles. The van der Waals surface area contributed by atoms with E-state index in [2.05, 4.69) is 64.1 Å². The molecule has 2 aromatic rings. The molecule has 0 saturated heterocycles. The quantitative estimate of drug-likeness (QED) is 0.563. The molecular formula is C19H30. The molecule has 0 nitrogen and oxygen atoms in total. The second-order valence-corrected chi connectivity index (χ2v) is 4.71. The molecule has 0 radical (unpaired) electrons. The fourth-order valence-corrected chi connectivity index (χ4v) is 1.84. The van der Waals surface area contributed by atoms with Crippen molar-refractivity contribution in [3.05, 3.63) is 47.5 Å². The van der Waals surface area contributed by atoms with E-state index in [9.17, 15) is 0 Å². The lowest BCUT2D eigenvalue weighted by molar-refractivity contribution is 0.772. The monoisotopic (exact) mass is 258 g/mol. The molecule has 0 aliphatic rings. The highest BCUT2D eigenvalue weighted by atomic mass is 14.0. The summed E-state index contributed by atoms with van der Waals surface area (Å²) in [6.07, 6.45) is 4.08. The van der Waals surface area contributed by atoms with Crippen LogP contribution in [0.1, 0.15) is 58.1 Å². The predicted octanol–water partition coefficient (Wildman–Crippen LogP) is 6.68. The standard InChI is InChI=1S/C12H12.C5H12.C2H6/c1-9-3-5-11-6-4-10(2)8-12(11)7-9;1-3-5-4-2;1-2/h3-8H,1-2H3;3-5H2,1-2H3;1-2H3. The molecule has 0 heteroatoms. The van der Waals surface area contributed by atoms with E-state index in [4.69, 9.17) is 0 Å². The zero-order valence-electron chi connectivity index (χ0n) is 13.6. The summed E-state index contributed by atoms with van der Waals surface area (Å²) in [6, 6.07) is 13.1. The highest BCUT2D eigenvalue weighted by molar-refractivity contribution is 5.83. The molecule has 0 N–H and O–H groups in total. The molecule has 0 atom stereocenters. The third-order valence-electron chi connectivity index (χ3n) is 2.86. The van der Waals surface area contributed by atoms with Gasteiger partial charge in [-0.3, -0.25) is 0 Å². The van der Waals surface area contributed by atoms with Crippen molar-refractivity contribution in [2.45, 2.75) is 60.8 Å². The van der Waals surface area contributed by atoms with Gasteiger partial charge in [-0.1, -0.05) is 94.5 Å². The van der Waals surface area contributed by atoms with E-state index in [0.29, 0.717) is 0 Å². The molecule has 0 amide bonds. The highest BCUT2D eigenvalue weighted by Gasteiger charge is 1.92. The fraction of sp³-hybridized carbons (Fsp3) is 0.474. The third-order valence-corrected chi connectivity index (χ3v) is 2.86. The van der Waals surface area contributed by atoms with Crippen molar-refractivity contribution in [2.75, 3.05) is 0 Å². The van der Waals surface area contributed by atoms with E-state index in [0.717, 1.165) is 0 Å². The zero-order valence-corrected chi connectivity index (χ0v) is 13.6. The Balaban J connectivity index is 0.000000396. The van der Waals surface area contributed by atoms with Crippen molar-refractivity contribution in [1.29, 1.82) is 0 Å². The smallest absolute Gasteiger partial charge is 0.0179 e. The van der Waals surface area contributed by atoms with E-state index < -0.39 is 0 Å². The highest BCUT2D eigenvalue weighted by Crippen LogP contribution is 2.16. The maximum Gasteiger partial charge on any atom is -0.0179 e. The number of fused-ring (bicyclic) bond motifs is 1. The first-order valence-corrected chi connectivity index (χ1v) is 7.64. The molecule has 2 rings (SSSR count). The van der Waals surface area contributed by atoms with Gasteiger partial charge >= 0.3 is 0 Å². The minimum absolute atomic E-state index is 1.33. The molecule has 0 bridgehead atoms. The SMILES string of the molecule is CC.CCCCC.Cc1ccc2ccc(C)cc2c1. The lowest BCUT2D eigenvalue weighted by atomic mass is 10.1. The van der Waals surface area contributed by atoms with Gasteiger partial charge in [0.15, 0.2) is 0 Å². The number of unbranched alkanes of at least 4 members (excludes halogenated alkanes) is 2. The van der Waals surface area contributed by atoms with Crippen LogP contribution in [0.2, 0.25) is 0 Å². The normalized spacial score (nSPS) is 9.16. The molecule has 0 fully saturated rings. The first-order chi connectivity index (χ1) is 9.17. The van der Waals surface area contributed by atoms with Gasteiger partial charge in [0, 0.05) is 0 Å². The Kier molecular flexibility index (Phi) is 9.88. The lowest BCUT2D eigenvalue weighted by Crippen LogP contribution is -1.76. The van der Waals surface area contributed by atoms with Crippen LogP contribution in [0.25, 0.3) is 10.8 Å². The van der Waals surface area contributed by atoms with Crippen LogP contribution >= 0.6 is 0 Å². The predicted molar refractivity (Wildman–Crippen MR) is 90.0 cm³/mol. The van der Waals surface area contributed by atoms with Crippen LogP contribution in [0.15, 0.2) is 36.4 Å². The van der Waals surface area contributed by atoms with Crippen LogP contribution in [0.5, 0.6) is 0 Å². The van der Waals surface area contributed by atoms with Gasteiger partial charge in [-0.25, -0.2) is 0 Å². The number of hydrogen-bond acceptors (Lipinski definition) is 0. The van der Waals surface area contributed by atoms with Gasteiger partial charge in [-0.05, 0) is 24.6 Å². The third kappa shape index (κ3) is 7.00. The Morgan fingerprint density at radius 2 is 1.11 bits per heavy atom. The Bertz CT molecular complexity index is 416.